The molecule has 1 aromatic rings. The molecule has 12 heavy (non-hydrogen) atoms. The summed E-state index contributed by atoms with van der Waals surface area (Å²) in [6.07, 6.45) is 1.53. The molecule has 6 nitrogen and oxygen atoms in total. The van der Waals surface area contributed by atoms with E-state index in [9.17, 15) is 4.79 Å². The number of hydrogen-bond acceptors (Lipinski definition) is 4. The summed E-state index contributed by atoms with van der Waals surface area (Å²) in [4.78, 5) is 10.8. The van der Waals surface area contributed by atoms with Crippen molar-refractivity contribution < 1.29 is 4.79 Å². The molecule has 1 heterocycles. The molecule has 5 N–H and O–H groups in total. The molecule has 0 aliphatic rings. The predicted octanol–water partition coefficient (Wildman–Crippen LogP) is -0.850. The standard InChI is InChI=1S/C6H11N5O/c1-8-5(12)3-9-4-2-10-11-6(4)7/h2,9H,3H2,1H3,(H,8,12)(H3,7,10,11). The Morgan fingerprint density at radius 2 is 2.58 bits per heavy atom. The number of nitrogens with zero attached hydrogens (tertiary/aromatic N) is 1. The van der Waals surface area contributed by atoms with Gasteiger partial charge in [-0.05, 0) is 0 Å². The highest BCUT2D eigenvalue weighted by Gasteiger charge is 2.01. The Kier molecular flexibility index (Phi) is 2.52. The van der Waals surface area contributed by atoms with Crippen molar-refractivity contribution in [1.82, 2.24) is 15.5 Å². The number of amides is 1. The Balaban J connectivity index is 2.43. The van der Waals surface area contributed by atoms with E-state index in [1.165, 1.54) is 6.20 Å². The molecule has 0 aliphatic carbocycles. The molecule has 1 aromatic heterocycles. The summed E-state index contributed by atoms with van der Waals surface area (Å²) in [6, 6.07) is 0. The monoisotopic (exact) mass is 169 g/mol. The summed E-state index contributed by atoms with van der Waals surface area (Å²) in [5.74, 6) is 0.328. The number of hydrogen-bond donors (Lipinski definition) is 4. The third kappa shape index (κ3) is 1.88. The van der Waals surface area contributed by atoms with E-state index < -0.39 is 0 Å². The lowest BCUT2D eigenvalue weighted by atomic mass is 10.5. The Morgan fingerprint density at radius 3 is 3.08 bits per heavy atom. The zero-order chi connectivity index (χ0) is 8.97. The summed E-state index contributed by atoms with van der Waals surface area (Å²) >= 11 is 0. The van der Waals surface area contributed by atoms with Crippen LogP contribution in [0.15, 0.2) is 6.20 Å². The second kappa shape index (κ2) is 3.61. The van der Waals surface area contributed by atoms with Crippen LogP contribution in [-0.2, 0) is 4.79 Å². The van der Waals surface area contributed by atoms with Crippen molar-refractivity contribution in [2.75, 3.05) is 24.6 Å². The molecule has 0 atom stereocenters. The maximum atomic E-state index is 10.8. The molecule has 1 rings (SSSR count). The van der Waals surface area contributed by atoms with Gasteiger partial charge in [-0.15, -0.1) is 0 Å². The number of anilines is 2. The van der Waals surface area contributed by atoms with Crippen molar-refractivity contribution in [3.8, 4) is 0 Å². The lowest BCUT2D eigenvalue weighted by Gasteiger charge is -2.02. The number of nitrogen functional groups attached to an aromatic ring is 1. The first-order valence-corrected chi connectivity index (χ1v) is 3.47. The van der Waals surface area contributed by atoms with Crippen molar-refractivity contribution in [2.45, 2.75) is 0 Å². The van der Waals surface area contributed by atoms with Gasteiger partial charge in [0.25, 0.3) is 0 Å². The average Bonchev–Trinajstić information content (AvgIpc) is 2.47. The second-order valence-corrected chi connectivity index (χ2v) is 2.22. The Bertz CT molecular complexity index is 269. The lowest BCUT2D eigenvalue weighted by Crippen LogP contribution is -2.26. The molecular weight excluding hydrogens is 158 g/mol. The van der Waals surface area contributed by atoms with E-state index in [0.717, 1.165) is 0 Å². The average molecular weight is 169 g/mol. The second-order valence-electron chi connectivity index (χ2n) is 2.22. The molecule has 1 amide bonds. The molecule has 0 radical (unpaired) electrons. The first-order chi connectivity index (χ1) is 5.74. The number of nitrogens with two attached hydrogens (primary N) is 1. The van der Waals surface area contributed by atoms with E-state index in [2.05, 4.69) is 20.8 Å². The van der Waals surface area contributed by atoms with Crippen LogP contribution in [0.2, 0.25) is 0 Å². The van der Waals surface area contributed by atoms with Crippen LogP contribution in [0.5, 0.6) is 0 Å². The maximum absolute atomic E-state index is 10.8. The van der Waals surface area contributed by atoms with Crippen LogP contribution in [0.3, 0.4) is 0 Å². The lowest BCUT2D eigenvalue weighted by molar-refractivity contribution is -0.118. The van der Waals surface area contributed by atoms with Gasteiger partial charge in [0.2, 0.25) is 5.91 Å². The third-order valence-corrected chi connectivity index (χ3v) is 1.39. The van der Waals surface area contributed by atoms with Crippen LogP contribution >= 0.6 is 0 Å². The Labute approximate surface area is 69.5 Å². The van der Waals surface area contributed by atoms with Gasteiger partial charge < -0.3 is 16.4 Å². The molecule has 0 saturated carbocycles. The van der Waals surface area contributed by atoms with Crippen molar-refractivity contribution in [3.63, 3.8) is 0 Å². The topological polar surface area (TPSA) is 95.8 Å². The van der Waals surface area contributed by atoms with E-state index in [-0.39, 0.29) is 12.5 Å². The van der Waals surface area contributed by atoms with Crippen molar-refractivity contribution in [3.05, 3.63) is 6.20 Å². The highest BCUT2D eigenvalue weighted by molar-refractivity contribution is 5.81. The van der Waals surface area contributed by atoms with Crippen LogP contribution in [0.4, 0.5) is 11.5 Å². The summed E-state index contributed by atoms with van der Waals surface area (Å²) in [7, 11) is 1.57. The smallest absolute Gasteiger partial charge is 0.239 e. The van der Waals surface area contributed by atoms with E-state index >= 15 is 0 Å². The molecular formula is C6H11N5O. The van der Waals surface area contributed by atoms with Gasteiger partial charge in [-0.2, -0.15) is 5.10 Å². The number of aromatic amines is 1. The molecule has 0 unspecified atom stereocenters. The van der Waals surface area contributed by atoms with Gasteiger partial charge >= 0.3 is 0 Å². The number of likely N-dealkylation sites (N-methyl/N-ethyl adjacent to an activating group) is 1. The van der Waals surface area contributed by atoms with Crippen molar-refractivity contribution in [1.29, 1.82) is 0 Å². The number of H-pyrrole nitrogens is 1. The van der Waals surface area contributed by atoms with Crippen LogP contribution in [0.1, 0.15) is 0 Å². The summed E-state index contributed by atoms with van der Waals surface area (Å²) < 4.78 is 0. The van der Waals surface area contributed by atoms with Gasteiger partial charge in [0.1, 0.15) is 5.82 Å². The van der Waals surface area contributed by atoms with Crippen LogP contribution in [0, 0.1) is 0 Å². The molecule has 0 aromatic carbocycles. The zero-order valence-electron chi connectivity index (χ0n) is 6.72. The maximum Gasteiger partial charge on any atom is 0.239 e. The quantitative estimate of drug-likeness (QED) is 0.474. The highest BCUT2D eigenvalue weighted by atomic mass is 16.1. The fraction of sp³-hybridized carbons (Fsp3) is 0.333. The van der Waals surface area contributed by atoms with Gasteiger partial charge in [-0.25, -0.2) is 0 Å². The molecule has 6 heteroatoms. The minimum atomic E-state index is -0.101. The van der Waals surface area contributed by atoms with Gasteiger partial charge in [0.15, 0.2) is 0 Å². The fourth-order valence-corrected chi connectivity index (χ4v) is 0.701. The molecule has 0 bridgehead atoms. The molecule has 0 fully saturated rings. The van der Waals surface area contributed by atoms with Crippen LogP contribution in [-0.4, -0.2) is 29.7 Å². The van der Waals surface area contributed by atoms with E-state index in [4.69, 9.17) is 5.73 Å². The number of aromatic nitrogens is 2. The van der Waals surface area contributed by atoms with Crippen molar-refractivity contribution >= 4 is 17.4 Å². The molecule has 66 valence electrons. The minimum Gasteiger partial charge on any atom is -0.382 e. The fourth-order valence-electron chi connectivity index (χ4n) is 0.701. The Hall–Kier alpha value is -1.72. The Morgan fingerprint density at radius 1 is 1.83 bits per heavy atom. The van der Waals surface area contributed by atoms with Crippen LogP contribution < -0.4 is 16.4 Å². The summed E-state index contributed by atoms with van der Waals surface area (Å²) in [5, 5.41) is 11.5. The molecule has 0 saturated heterocycles. The van der Waals surface area contributed by atoms with E-state index in [0.29, 0.717) is 11.5 Å². The van der Waals surface area contributed by atoms with Gasteiger partial charge in [-0.3, -0.25) is 9.89 Å². The van der Waals surface area contributed by atoms with Gasteiger partial charge in [0.05, 0.1) is 18.4 Å². The van der Waals surface area contributed by atoms with Gasteiger partial charge in [-0.1, -0.05) is 0 Å². The molecule has 0 aliphatic heterocycles. The predicted molar refractivity (Wildman–Crippen MR) is 45.6 cm³/mol. The zero-order valence-corrected chi connectivity index (χ0v) is 6.72. The van der Waals surface area contributed by atoms with Crippen molar-refractivity contribution in [2.24, 2.45) is 0 Å². The van der Waals surface area contributed by atoms with E-state index in [1.54, 1.807) is 7.05 Å². The summed E-state index contributed by atoms with van der Waals surface area (Å²) in [5.41, 5.74) is 6.09. The van der Waals surface area contributed by atoms with Crippen LogP contribution in [0.25, 0.3) is 0 Å². The largest absolute Gasteiger partial charge is 0.382 e. The first-order valence-electron chi connectivity index (χ1n) is 3.47. The first kappa shape index (κ1) is 8.38. The highest BCUT2D eigenvalue weighted by Crippen LogP contribution is 2.11. The summed E-state index contributed by atoms with van der Waals surface area (Å²) in [6.45, 7) is 0.195. The number of carbonyl (C=O) groups is 1. The third-order valence-electron chi connectivity index (χ3n) is 1.39. The molecule has 0 spiro atoms. The van der Waals surface area contributed by atoms with Gasteiger partial charge in [0, 0.05) is 7.05 Å². The SMILES string of the molecule is CNC(=O)CNc1cn[nH]c1N. The minimum absolute atomic E-state index is 0.101. The number of nitrogens with one attached hydrogen (secondary N) is 3. The number of rotatable bonds is 3. The number of carbonyl (C=O) groups excluding carboxylic acids is 1. The normalized spacial score (nSPS) is 9.42. The van der Waals surface area contributed by atoms with E-state index in [1.807, 2.05) is 0 Å².